The molecule has 1 saturated heterocycles. The second-order valence-corrected chi connectivity index (χ2v) is 10.6. The van der Waals surface area contributed by atoms with Crippen LogP contribution in [0.15, 0.2) is 42.6 Å². The van der Waals surface area contributed by atoms with Crippen molar-refractivity contribution in [1.29, 1.82) is 0 Å². The standard InChI is InChI=1S/C29H32F3N5O2/c1-28(2)25-17(6-4-8-23(25)35-26(28)38)9-11-21-20(29(30,31)32)16-34-27(36-21)37-22-12-10-18(14-24(22)39-3)19-7-5-13-33-15-19/h4,6,8,10,12,14,16,19,33H,5,7,9,11,13,15H2,1-3H3,(H,35,38)(H,34,36,37). The van der Waals surface area contributed by atoms with Gasteiger partial charge in [0.2, 0.25) is 11.9 Å². The van der Waals surface area contributed by atoms with Gasteiger partial charge in [-0.25, -0.2) is 9.97 Å². The molecular weight excluding hydrogens is 507 g/mol. The van der Waals surface area contributed by atoms with Gasteiger partial charge in [-0.1, -0.05) is 18.2 Å². The highest BCUT2D eigenvalue weighted by atomic mass is 19.4. The fraction of sp³-hybridized carbons (Fsp3) is 0.414. The number of nitrogens with zero attached hydrogens (tertiary/aromatic N) is 2. The van der Waals surface area contributed by atoms with E-state index in [1.54, 1.807) is 13.2 Å². The lowest BCUT2D eigenvalue weighted by atomic mass is 9.82. The summed E-state index contributed by atoms with van der Waals surface area (Å²) in [6.45, 7) is 5.54. The number of alkyl halides is 3. The lowest BCUT2D eigenvalue weighted by Gasteiger charge is -2.24. The quantitative estimate of drug-likeness (QED) is 0.356. The second kappa shape index (κ2) is 10.5. The largest absolute Gasteiger partial charge is 0.495 e. The average Bonchev–Trinajstić information content (AvgIpc) is 3.15. The van der Waals surface area contributed by atoms with Gasteiger partial charge < -0.3 is 20.7 Å². The van der Waals surface area contributed by atoms with Crippen molar-refractivity contribution in [2.75, 3.05) is 30.8 Å². The van der Waals surface area contributed by atoms with E-state index in [4.69, 9.17) is 4.74 Å². The summed E-state index contributed by atoms with van der Waals surface area (Å²) in [5, 5.41) is 9.31. The Morgan fingerprint density at radius 2 is 2.00 bits per heavy atom. The Morgan fingerprint density at radius 1 is 1.18 bits per heavy atom. The Bertz CT molecular complexity index is 1380. The zero-order chi connectivity index (χ0) is 27.8. The summed E-state index contributed by atoms with van der Waals surface area (Å²) in [4.78, 5) is 20.7. The van der Waals surface area contributed by atoms with E-state index in [0.717, 1.165) is 48.8 Å². The number of aryl methyl sites for hydroxylation is 2. The molecule has 2 aliphatic heterocycles. The highest BCUT2D eigenvalue weighted by molar-refractivity contribution is 6.06. The highest BCUT2D eigenvalue weighted by Crippen LogP contribution is 2.40. The van der Waals surface area contributed by atoms with E-state index in [9.17, 15) is 18.0 Å². The third-order valence-corrected chi connectivity index (χ3v) is 7.64. The number of methoxy groups -OCH3 is 1. The highest BCUT2D eigenvalue weighted by Gasteiger charge is 2.40. The van der Waals surface area contributed by atoms with Crippen LogP contribution in [0, 0.1) is 0 Å². The molecule has 2 aromatic carbocycles. The number of rotatable bonds is 7. The molecule has 2 aliphatic rings. The minimum atomic E-state index is -4.60. The first kappa shape index (κ1) is 26.9. The minimum absolute atomic E-state index is 0.0253. The molecular formula is C29H32F3N5O2. The Kier molecular flexibility index (Phi) is 7.24. The third-order valence-electron chi connectivity index (χ3n) is 7.64. The van der Waals surface area contributed by atoms with Gasteiger partial charge in [-0.15, -0.1) is 0 Å². The van der Waals surface area contributed by atoms with E-state index < -0.39 is 17.2 Å². The number of aromatic nitrogens is 2. The fourth-order valence-corrected chi connectivity index (χ4v) is 5.52. The predicted octanol–water partition coefficient (Wildman–Crippen LogP) is 5.73. The van der Waals surface area contributed by atoms with E-state index in [-0.39, 0.29) is 30.4 Å². The van der Waals surface area contributed by atoms with Crippen LogP contribution in [-0.2, 0) is 29.2 Å². The molecule has 3 N–H and O–H groups in total. The van der Waals surface area contributed by atoms with Gasteiger partial charge in [0.15, 0.2) is 0 Å². The van der Waals surface area contributed by atoms with Crippen molar-refractivity contribution in [3.8, 4) is 5.75 Å². The van der Waals surface area contributed by atoms with Crippen LogP contribution in [0.1, 0.15) is 60.6 Å². The van der Waals surface area contributed by atoms with Crippen molar-refractivity contribution in [1.82, 2.24) is 15.3 Å². The van der Waals surface area contributed by atoms with Crippen molar-refractivity contribution < 1.29 is 22.7 Å². The Morgan fingerprint density at radius 3 is 2.72 bits per heavy atom. The lowest BCUT2D eigenvalue weighted by molar-refractivity contribution is -0.138. The van der Waals surface area contributed by atoms with E-state index >= 15 is 0 Å². The van der Waals surface area contributed by atoms with Gasteiger partial charge in [-0.2, -0.15) is 13.2 Å². The van der Waals surface area contributed by atoms with E-state index in [1.807, 2.05) is 44.2 Å². The third kappa shape index (κ3) is 5.43. The molecule has 3 aromatic rings. The van der Waals surface area contributed by atoms with Crippen molar-refractivity contribution in [2.45, 2.75) is 57.0 Å². The molecule has 1 fully saturated rings. The van der Waals surface area contributed by atoms with Gasteiger partial charge in [-0.3, -0.25) is 4.79 Å². The number of anilines is 3. The molecule has 1 aromatic heterocycles. The van der Waals surface area contributed by atoms with Crippen LogP contribution >= 0.6 is 0 Å². The molecule has 7 nitrogen and oxygen atoms in total. The molecule has 39 heavy (non-hydrogen) atoms. The maximum Gasteiger partial charge on any atom is 0.419 e. The molecule has 206 valence electrons. The number of carbonyl (C=O) groups excluding carboxylic acids is 1. The van der Waals surface area contributed by atoms with Crippen LogP contribution in [0.5, 0.6) is 5.75 Å². The number of carbonyl (C=O) groups is 1. The first-order chi connectivity index (χ1) is 18.6. The Hall–Kier alpha value is -3.66. The van der Waals surface area contributed by atoms with Crippen LogP contribution in [0.4, 0.5) is 30.5 Å². The second-order valence-electron chi connectivity index (χ2n) is 10.6. The summed E-state index contributed by atoms with van der Waals surface area (Å²) in [5.41, 5.74) is 2.28. The van der Waals surface area contributed by atoms with Gasteiger partial charge in [0.25, 0.3) is 0 Å². The van der Waals surface area contributed by atoms with E-state index in [2.05, 4.69) is 25.9 Å². The maximum absolute atomic E-state index is 13.9. The number of piperidine rings is 1. The van der Waals surface area contributed by atoms with Crippen LogP contribution in [0.2, 0.25) is 0 Å². The number of nitrogens with one attached hydrogen (secondary N) is 3. The predicted molar refractivity (Wildman–Crippen MR) is 144 cm³/mol. The number of hydrogen-bond acceptors (Lipinski definition) is 6. The van der Waals surface area contributed by atoms with Gasteiger partial charge in [0, 0.05) is 18.4 Å². The van der Waals surface area contributed by atoms with E-state index in [1.165, 1.54) is 0 Å². The fourth-order valence-electron chi connectivity index (χ4n) is 5.52. The molecule has 0 spiro atoms. The smallest absolute Gasteiger partial charge is 0.419 e. The van der Waals surface area contributed by atoms with Crippen molar-refractivity contribution in [3.05, 3.63) is 70.5 Å². The van der Waals surface area contributed by atoms with Crippen LogP contribution < -0.4 is 20.7 Å². The summed E-state index contributed by atoms with van der Waals surface area (Å²) in [5.74, 6) is 0.876. The first-order valence-electron chi connectivity index (χ1n) is 13.1. The molecule has 0 radical (unpaired) electrons. The number of ether oxygens (including phenoxy) is 1. The average molecular weight is 540 g/mol. The number of halogens is 3. The molecule has 10 heteroatoms. The van der Waals surface area contributed by atoms with Crippen LogP contribution in [0.25, 0.3) is 0 Å². The van der Waals surface area contributed by atoms with Gasteiger partial charge in [0.05, 0.1) is 29.5 Å². The van der Waals surface area contributed by atoms with Gasteiger partial charge in [-0.05, 0) is 86.9 Å². The zero-order valence-corrected chi connectivity index (χ0v) is 22.2. The molecule has 1 atom stereocenters. The minimum Gasteiger partial charge on any atom is -0.495 e. The lowest BCUT2D eigenvalue weighted by Crippen LogP contribution is -2.28. The van der Waals surface area contributed by atoms with Crippen LogP contribution in [0.3, 0.4) is 0 Å². The summed E-state index contributed by atoms with van der Waals surface area (Å²) >= 11 is 0. The molecule has 1 amide bonds. The zero-order valence-electron chi connectivity index (χ0n) is 22.2. The Balaban J connectivity index is 1.41. The normalized spacial score (nSPS) is 18.4. The summed E-state index contributed by atoms with van der Waals surface area (Å²) in [6.07, 6.45) is -1.28. The number of benzene rings is 2. The van der Waals surface area contributed by atoms with Crippen molar-refractivity contribution in [2.24, 2.45) is 0 Å². The summed E-state index contributed by atoms with van der Waals surface area (Å²) in [6, 6.07) is 11.3. The molecule has 0 aliphatic carbocycles. The van der Waals surface area contributed by atoms with Gasteiger partial charge in [0.1, 0.15) is 5.75 Å². The topological polar surface area (TPSA) is 88.2 Å². The molecule has 0 saturated carbocycles. The first-order valence-corrected chi connectivity index (χ1v) is 13.1. The molecule has 5 rings (SSSR count). The number of fused-ring (bicyclic) bond motifs is 1. The van der Waals surface area contributed by atoms with Gasteiger partial charge >= 0.3 is 6.18 Å². The van der Waals surface area contributed by atoms with Crippen LogP contribution in [-0.4, -0.2) is 36.1 Å². The molecule has 1 unspecified atom stereocenters. The Labute approximate surface area is 225 Å². The van der Waals surface area contributed by atoms with Crippen molar-refractivity contribution in [3.63, 3.8) is 0 Å². The number of hydrogen-bond donors (Lipinski definition) is 3. The monoisotopic (exact) mass is 539 g/mol. The number of amides is 1. The summed E-state index contributed by atoms with van der Waals surface area (Å²) < 4.78 is 47.2. The molecule has 3 heterocycles. The van der Waals surface area contributed by atoms with E-state index in [0.29, 0.717) is 23.0 Å². The molecule has 0 bridgehead atoms. The van der Waals surface area contributed by atoms with Crippen molar-refractivity contribution >= 4 is 23.2 Å². The summed E-state index contributed by atoms with van der Waals surface area (Å²) in [7, 11) is 1.56. The maximum atomic E-state index is 13.9. The SMILES string of the molecule is COc1cc(C2CCCNC2)ccc1Nc1ncc(C(F)(F)F)c(CCc2cccc3c2C(C)(C)C(=O)N3)n1.